The molecule has 150 valence electrons. The smallest absolute Gasteiger partial charge is 0.262 e. The van der Waals surface area contributed by atoms with Crippen molar-refractivity contribution in [2.45, 2.75) is 24.3 Å². The van der Waals surface area contributed by atoms with Crippen LogP contribution in [0.25, 0.3) is 5.57 Å². The third-order valence-electron chi connectivity index (χ3n) is 5.97. The summed E-state index contributed by atoms with van der Waals surface area (Å²) in [6, 6.07) is 24.8. The van der Waals surface area contributed by atoms with Gasteiger partial charge in [-0.2, -0.15) is 0 Å². The largest absolute Gasteiger partial charge is 0.264 e. The summed E-state index contributed by atoms with van der Waals surface area (Å²) in [6.45, 7) is 1.96. The summed E-state index contributed by atoms with van der Waals surface area (Å²) in [7, 11) is -3.73. The summed E-state index contributed by atoms with van der Waals surface area (Å²) in [6.07, 6.45) is 6.98. The minimum atomic E-state index is -3.73. The first-order valence-corrected chi connectivity index (χ1v) is 11.6. The predicted molar refractivity (Wildman–Crippen MR) is 120 cm³/mol. The standard InChI is InChI=1S/C26H23NO2S/c1-19-11-14-23(15-12-19)30(28,29)27-18-25-22(17-21-9-5-6-10-24(21)25)13-16-26(27)20-7-3-2-4-8-20/h2-16,18,22,26H,17H2,1H3/t22-,26+/m1/s1. The molecule has 30 heavy (non-hydrogen) atoms. The maximum Gasteiger partial charge on any atom is 0.264 e. The van der Waals surface area contributed by atoms with E-state index >= 15 is 0 Å². The molecule has 0 saturated carbocycles. The molecule has 0 unspecified atom stereocenters. The highest BCUT2D eigenvalue weighted by Gasteiger charge is 2.34. The van der Waals surface area contributed by atoms with E-state index in [9.17, 15) is 8.42 Å². The summed E-state index contributed by atoms with van der Waals surface area (Å²) in [4.78, 5) is 0.309. The molecule has 4 heteroatoms. The van der Waals surface area contributed by atoms with Gasteiger partial charge in [-0.05, 0) is 47.7 Å². The highest BCUT2D eigenvalue weighted by Crippen LogP contribution is 2.43. The molecule has 1 aliphatic carbocycles. The van der Waals surface area contributed by atoms with E-state index in [-0.39, 0.29) is 12.0 Å². The lowest BCUT2D eigenvalue weighted by Gasteiger charge is -2.28. The zero-order valence-electron chi connectivity index (χ0n) is 16.8. The van der Waals surface area contributed by atoms with Crippen molar-refractivity contribution in [3.05, 3.63) is 119 Å². The molecule has 1 aliphatic heterocycles. The Morgan fingerprint density at radius 2 is 1.53 bits per heavy atom. The van der Waals surface area contributed by atoms with Crippen molar-refractivity contribution >= 4 is 15.6 Å². The van der Waals surface area contributed by atoms with Crippen molar-refractivity contribution < 1.29 is 8.42 Å². The molecule has 3 aromatic carbocycles. The van der Waals surface area contributed by atoms with Gasteiger partial charge in [-0.25, -0.2) is 8.42 Å². The summed E-state index contributed by atoms with van der Waals surface area (Å²) >= 11 is 0. The zero-order chi connectivity index (χ0) is 20.7. The minimum Gasteiger partial charge on any atom is -0.262 e. The average molecular weight is 414 g/mol. The zero-order valence-corrected chi connectivity index (χ0v) is 17.6. The second-order valence-corrected chi connectivity index (χ2v) is 9.78. The van der Waals surface area contributed by atoms with Crippen LogP contribution in [-0.2, 0) is 16.4 Å². The summed E-state index contributed by atoms with van der Waals surface area (Å²) in [5, 5.41) is 0. The van der Waals surface area contributed by atoms with Crippen LogP contribution in [0.1, 0.15) is 28.3 Å². The first-order chi connectivity index (χ1) is 14.5. The Labute approximate surface area is 178 Å². The van der Waals surface area contributed by atoms with E-state index in [0.717, 1.165) is 28.7 Å². The van der Waals surface area contributed by atoms with Gasteiger partial charge in [0.15, 0.2) is 0 Å². The van der Waals surface area contributed by atoms with E-state index in [1.165, 1.54) is 5.56 Å². The molecule has 0 N–H and O–H groups in total. The minimum absolute atomic E-state index is 0.187. The molecule has 3 aromatic rings. The summed E-state index contributed by atoms with van der Waals surface area (Å²) in [5.74, 6) is 0.187. The first-order valence-electron chi connectivity index (χ1n) is 10.2. The van der Waals surface area contributed by atoms with Crippen molar-refractivity contribution in [3.8, 4) is 0 Å². The van der Waals surface area contributed by atoms with Gasteiger partial charge < -0.3 is 0 Å². The number of hydrogen-bond donors (Lipinski definition) is 0. The fraction of sp³-hybridized carbons (Fsp3) is 0.154. The second-order valence-electron chi connectivity index (χ2n) is 7.94. The number of allylic oxidation sites excluding steroid dienone is 2. The lowest BCUT2D eigenvalue weighted by Crippen LogP contribution is -2.29. The molecule has 0 aromatic heterocycles. The van der Waals surface area contributed by atoms with Crippen molar-refractivity contribution in [2.24, 2.45) is 5.92 Å². The van der Waals surface area contributed by atoms with Crippen molar-refractivity contribution in [2.75, 3.05) is 0 Å². The van der Waals surface area contributed by atoms with E-state index in [1.54, 1.807) is 16.4 Å². The van der Waals surface area contributed by atoms with Crippen LogP contribution in [-0.4, -0.2) is 12.7 Å². The van der Waals surface area contributed by atoms with Crippen LogP contribution in [0.5, 0.6) is 0 Å². The number of rotatable bonds is 3. The molecular formula is C26H23NO2S. The molecule has 5 rings (SSSR count). The normalized spacial score (nSPS) is 20.3. The van der Waals surface area contributed by atoms with Crippen molar-refractivity contribution in [1.29, 1.82) is 0 Å². The van der Waals surface area contributed by atoms with Crippen LogP contribution in [0, 0.1) is 12.8 Å². The number of nitrogens with zero attached hydrogens (tertiary/aromatic N) is 1. The van der Waals surface area contributed by atoms with Gasteiger partial charge in [0.1, 0.15) is 0 Å². The lowest BCUT2D eigenvalue weighted by atomic mass is 10.00. The Morgan fingerprint density at radius 3 is 2.30 bits per heavy atom. The third kappa shape index (κ3) is 3.17. The number of benzene rings is 3. The number of sulfonamides is 1. The SMILES string of the molecule is Cc1ccc(S(=O)(=O)N2C=C3c4ccccc4C[C@H]3C=C[C@H]2c2ccccc2)cc1. The summed E-state index contributed by atoms with van der Waals surface area (Å²) < 4.78 is 29.1. The fourth-order valence-electron chi connectivity index (χ4n) is 4.36. The van der Waals surface area contributed by atoms with Gasteiger partial charge in [-0.15, -0.1) is 0 Å². The molecule has 0 bridgehead atoms. The Kier molecular flexibility index (Phi) is 4.59. The van der Waals surface area contributed by atoms with Gasteiger partial charge >= 0.3 is 0 Å². The Bertz CT molecular complexity index is 1240. The topological polar surface area (TPSA) is 37.4 Å². The monoisotopic (exact) mass is 413 g/mol. The Balaban J connectivity index is 1.69. The van der Waals surface area contributed by atoms with E-state index in [1.807, 2.05) is 73.8 Å². The predicted octanol–water partition coefficient (Wildman–Crippen LogP) is 5.51. The third-order valence-corrected chi connectivity index (χ3v) is 7.73. The molecule has 2 atom stereocenters. The van der Waals surface area contributed by atoms with E-state index in [2.05, 4.69) is 18.2 Å². The molecule has 0 fully saturated rings. The fourth-order valence-corrected chi connectivity index (χ4v) is 5.83. The van der Waals surface area contributed by atoms with E-state index in [4.69, 9.17) is 0 Å². The molecule has 0 spiro atoms. The number of aryl methyl sites for hydroxylation is 1. The molecule has 2 aliphatic rings. The quantitative estimate of drug-likeness (QED) is 0.531. The van der Waals surface area contributed by atoms with Gasteiger partial charge in [0.05, 0.1) is 10.9 Å². The van der Waals surface area contributed by atoms with Gasteiger partial charge in [0.2, 0.25) is 0 Å². The summed E-state index contributed by atoms with van der Waals surface area (Å²) in [5.41, 5.74) is 5.46. The van der Waals surface area contributed by atoms with Crippen LogP contribution in [0.2, 0.25) is 0 Å². The Hall–Kier alpha value is -3.11. The van der Waals surface area contributed by atoms with Crippen LogP contribution in [0.3, 0.4) is 0 Å². The van der Waals surface area contributed by atoms with Crippen LogP contribution < -0.4 is 0 Å². The number of fused-ring (bicyclic) bond motifs is 3. The average Bonchev–Trinajstić information content (AvgIpc) is 2.99. The maximum atomic E-state index is 13.8. The molecule has 0 radical (unpaired) electrons. The first kappa shape index (κ1) is 18.9. The Morgan fingerprint density at radius 1 is 0.833 bits per heavy atom. The molecular weight excluding hydrogens is 390 g/mol. The van der Waals surface area contributed by atoms with E-state index < -0.39 is 10.0 Å². The van der Waals surface area contributed by atoms with Gasteiger partial charge in [0.25, 0.3) is 10.0 Å². The van der Waals surface area contributed by atoms with Crippen LogP contribution in [0.15, 0.2) is 102 Å². The van der Waals surface area contributed by atoms with Crippen LogP contribution >= 0.6 is 0 Å². The molecule has 1 heterocycles. The van der Waals surface area contributed by atoms with Crippen LogP contribution in [0.4, 0.5) is 0 Å². The second kappa shape index (κ2) is 7.29. The van der Waals surface area contributed by atoms with Gasteiger partial charge in [-0.1, -0.05) is 84.4 Å². The highest BCUT2D eigenvalue weighted by atomic mass is 32.2. The maximum absolute atomic E-state index is 13.8. The molecule has 3 nitrogen and oxygen atoms in total. The van der Waals surface area contributed by atoms with E-state index in [0.29, 0.717) is 4.90 Å². The lowest BCUT2D eigenvalue weighted by molar-refractivity contribution is 0.460. The number of hydrogen-bond acceptors (Lipinski definition) is 2. The van der Waals surface area contributed by atoms with Crippen molar-refractivity contribution in [1.82, 2.24) is 4.31 Å². The molecule has 0 amide bonds. The van der Waals surface area contributed by atoms with Gasteiger partial charge in [-0.3, -0.25) is 4.31 Å². The van der Waals surface area contributed by atoms with Gasteiger partial charge in [0, 0.05) is 12.1 Å². The molecule has 0 saturated heterocycles. The highest BCUT2D eigenvalue weighted by molar-refractivity contribution is 7.89. The van der Waals surface area contributed by atoms with Crippen molar-refractivity contribution in [3.63, 3.8) is 0 Å².